The number of ether oxygens (including phenoxy) is 1. The lowest BCUT2D eigenvalue weighted by molar-refractivity contribution is -0.137. The molecule has 0 unspecified atom stereocenters. The number of rotatable bonds is 6. The van der Waals surface area contributed by atoms with Gasteiger partial charge in [-0.05, 0) is 55.8 Å². The number of hydrogen-bond acceptors (Lipinski definition) is 8. The number of aromatic nitrogens is 5. The van der Waals surface area contributed by atoms with Crippen molar-refractivity contribution in [1.82, 2.24) is 24.7 Å². The van der Waals surface area contributed by atoms with Crippen molar-refractivity contribution in [3.8, 4) is 11.4 Å². The molecule has 1 fully saturated rings. The Kier molecular flexibility index (Phi) is 6.62. The number of benzene rings is 2. The van der Waals surface area contributed by atoms with E-state index in [4.69, 9.17) is 19.2 Å². The summed E-state index contributed by atoms with van der Waals surface area (Å²) >= 11 is 0. The number of fused-ring (bicyclic) bond motifs is 1. The van der Waals surface area contributed by atoms with Crippen LogP contribution in [-0.4, -0.2) is 51.0 Å². The van der Waals surface area contributed by atoms with Gasteiger partial charge in [0.2, 0.25) is 0 Å². The molecule has 40 heavy (non-hydrogen) atoms. The van der Waals surface area contributed by atoms with E-state index < -0.39 is 11.7 Å². The number of alkyl halides is 3. The smallest absolute Gasteiger partial charge is 0.378 e. The average molecular weight is 550 g/mol. The highest BCUT2D eigenvalue weighted by atomic mass is 19.4. The van der Waals surface area contributed by atoms with E-state index in [0.717, 1.165) is 36.6 Å². The van der Waals surface area contributed by atoms with Gasteiger partial charge in [0.05, 0.1) is 42.9 Å². The Labute approximate surface area is 227 Å². The third-order valence-electron chi connectivity index (χ3n) is 6.86. The van der Waals surface area contributed by atoms with E-state index in [2.05, 4.69) is 20.4 Å². The summed E-state index contributed by atoms with van der Waals surface area (Å²) in [6.45, 7) is 6.99. The number of anilines is 3. The number of hydrogen-bond donors (Lipinski definition) is 1. The number of halogens is 3. The van der Waals surface area contributed by atoms with E-state index in [1.807, 2.05) is 31.2 Å². The fourth-order valence-electron chi connectivity index (χ4n) is 4.77. The zero-order valence-electron chi connectivity index (χ0n) is 21.9. The summed E-state index contributed by atoms with van der Waals surface area (Å²) < 4.78 is 51.7. The predicted octanol–water partition coefficient (Wildman–Crippen LogP) is 5.75. The topological polar surface area (TPSA) is 94.1 Å². The van der Waals surface area contributed by atoms with Crippen molar-refractivity contribution < 1.29 is 22.4 Å². The van der Waals surface area contributed by atoms with Gasteiger partial charge in [0.25, 0.3) is 0 Å². The molecule has 9 nitrogen and oxygen atoms in total. The highest BCUT2D eigenvalue weighted by Gasteiger charge is 2.30. The van der Waals surface area contributed by atoms with Crippen molar-refractivity contribution in [2.24, 2.45) is 0 Å². The lowest BCUT2D eigenvalue weighted by Gasteiger charge is -2.28. The lowest BCUT2D eigenvalue weighted by Crippen LogP contribution is -2.36. The van der Waals surface area contributed by atoms with E-state index in [0.29, 0.717) is 58.6 Å². The van der Waals surface area contributed by atoms with Gasteiger partial charge < -0.3 is 24.0 Å². The lowest BCUT2D eigenvalue weighted by atomic mass is 10.1. The monoisotopic (exact) mass is 549 g/mol. The normalized spacial score (nSPS) is 14.2. The van der Waals surface area contributed by atoms with Crippen molar-refractivity contribution >= 4 is 28.4 Å². The number of imidazole rings is 1. The maximum Gasteiger partial charge on any atom is 0.416 e. The second-order valence-electron chi connectivity index (χ2n) is 9.61. The van der Waals surface area contributed by atoms with Gasteiger partial charge in [-0.15, -0.1) is 0 Å². The Morgan fingerprint density at radius 2 is 1.68 bits per heavy atom. The first-order valence-electron chi connectivity index (χ1n) is 12.8. The Bertz CT molecular complexity index is 1620. The molecular formula is C28H26F3N7O2. The number of aryl methyl sites for hydroxylation is 2. The Morgan fingerprint density at radius 1 is 0.950 bits per heavy atom. The fraction of sp³-hybridized carbons (Fsp3) is 0.286. The first kappa shape index (κ1) is 25.8. The van der Waals surface area contributed by atoms with Crippen LogP contribution in [0.15, 0.2) is 59.4 Å². The van der Waals surface area contributed by atoms with Gasteiger partial charge in [-0.3, -0.25) is 0 Å². The Hall–Kier alpha value is -4.45. The first-order valence-corrected chi connectivity index (χ1v) is 12.8. The van der Waals surface area contributed by atoms with Crippen molar-refractivity contribution in [2.75, 3.05) is 36.5 Å². The molecule has 4 heterocycles. The minimum absolute atomic E-state index is 0.278. The number of morpholine rings is 1. The molecular weight excluding hydrogens is 523 g/mol. The van der Waals surface area contributed by atoms with Gasteiger partial charge in [0, 0.05) is 24.5 Å². The van der Waals surface area contributed by atoms with E-state index >= 15 is 0 Å². The molecule has 1 aliphatic rings. The van der Waals surface area contributed by atoms with Crippen molar-refractivity contribution in [3.05, 3.63) is 77.4 Å². The summed E-state index contributed by atoms with van der Waals surface area (Å²) in [5.41, 5.74) is 4.29. The predicted molar refractivity (Wildman–Crippen MR) is 144 cm³/mol. The minimum Gasteiger partial charge on any atom is -0.378 e. The molecule has 0 amide bonds. The molecule has 0 saturated carbocycles. The largest absolute Gasteiger partial charge is 0.416 e. The molecule has 5 aromatic rings. The van der Waals surface area contributed by atoms with Gasteiger partial charge in [0.1, 0.15) is 5.76 Å². The van der Waals surface area contributed by atoms with Crippen LogP contribution in [0.5, 0.6) is 0 Å². The third kappa shape index (κ3) is 5.09. The number of nitrogens with one attached hydrogen (secondary N) is 1. The van der Waals surface area contributed by atoms with Gasteiger partial charge in [-0.25, -0.2) is 15.0 Å². The van der Waals surface area contributed by atoms with E-state index in [9.17, 15) is 13.2 Å². The second kappa shape index (κ2) is 10.3. The SMILES string of the molecule is Cc1noc(C)c1-c1nc(Nc2ccc(N3CCOCC3)cc2)c2ncn(Cc3ccc(C(F)(F)F)cc3)c2n1. The molecule has 0 atom stereocenters. The van der Waals surface area contributed by atoms with Crippen LogP contribution in [0.3, 0.4) is 0 Å². The van der Waals surface area contributed by atoms with E-state index in [1.165, 1.54) is 12.1 Å². The van der Waals surface area contributed by atoms with Crippen LogP contribution < -0.4 is 10.2 Å². The van der Waals surface area contributed by atoms with Crippen molar-refractivity contribution in [1.29, 1.82) is 0 Å². The molecule has 1 aliphatic heterocycles. The molecule has 3 aromatic heterocycles. The maximum absolute atomic E-state index is 13.0. The zero-order chi connectivity index (χ0) is 27.9. The molecule has 6 rings (SSSR count). The van der Waals surface area contributed by atoms with Crippen LogP contribution >= 0.6 is 0 Å². The zero-order valence-corrected chi connectivity index (χ0v) is 21.9. The summed E-state index contributed by atoms with van der Waals surface area (Å²) in [6.07, 6.45) is -2.78. The first-order chi connectivity index (χ1) is 19.3. The van der Waals surface area contributed by atoms with E-state index in [1.54, 1.807) is 17.8 Å². The Balaban J connectivity index is 1.36. The second-order valence-corrected chi connectivity index (χ2v) is 9.61. The molecule has 0 spiro atoms. The van der Waals surface area contributed by atoms with Gasteiger partial charge in [-0.1, -0.05) is 17.3 Å². The molecule has 1 N–H and O–H groups in total. The number of nitrogens with zero attached hydrogens (tertiary/aromatic N) is 6. The summed E-state index contributed by atoms with van der Waals surface area (Å²) in [4.78, 5) is 16.4. The van der Waals surface area contributed by atoms with Crippen molar-refractivity contribution in [2.45, 2.75) is 26.6 Å². The van der Waals surface area contributed by atoms with Crippen LogP contribution in [0.25, 0.3) is 22.6 Å². The molecule has 2 aromatic carbocycles. The molecule has 206 valence electrons. The molecule has 12 heteroatoms. The minimum atomic E-state index is -4.39. The van der Waals surface area contributed by atoms with Gasteiger partial charge in [-0.2, -0.15) is 13.2 Å². The highest BCUT2D eigenvalue weighted by Crippen LogP contribution is 2.32. The molecule has 0 aliphatic carbocycles. The molecule has 0 bridgehead atoms. The average Bonchev–Trinajstić information content (AvgIpc) is 3.51. The quantitative estimate of drug-likeness (QED) is 0.286. The molecule has 0 radical (unpaired) electrons. The summed E-state index contributed by atoms with van der Waals surface area (Å²) in [7, 11) is 0. The highest BCUT2D eigenvalue weighted by molar-refractivity contribution is 5.87. The van der Waals surface area contributed by atoms with Crippen LogP contribution in [0.2, 0.25) is 0 Å². The van der Waals surface area contributed by atoms with Crippen LogP contribution in [-0.2, 0) is 17.5 Å². The van der Waals surface area contributed by atoms with Crippen LogP contribution in [0.4, 0.5) is 30.4 Å². The standard InChI is InChI=1S/C28H26F3N7O2/c1-17-23(18(2)40-36-17)25-34-26(33-21-7-9-22(10-8-21)37-11-13-39-14-12-37)24-27(35-25)38(16-32-24)15-19-3-5-20(6-4-19)28(29,30)31/h3-10,16H,11-15H2,1-2H3,(H,33,34,35). The van der Waals surface area contributed by atoms with Crippen LogP contribution in [0.1, 0.15) is 22.6 Å². The van der Waals surface area contributed by atoms with E-state index in [-0.39, 0.29) is 6.54 Å². The van der Waals surface area contributed by atoms with Crippen LogP contribution in [0, 0.1) is 13.8 Å². The van der Waals surface area contributed by atoms with Crippen molar-refractivity contribution in [3.63, 3.8) is 0 Å². The maximum atomic E-state index is 13.0. The summed E-state index contributed by atoms with van der Waals surface area (Å²) in [5, 5.41) is 7.42. The van der Waals surface area contributed by atoms with Gasteiger partial charge in [0.15, 0.2) is 22.8 Å². The van der Waals surface area contributed by atoms with Gasteiger partial charge >= 0.3 is 6.18 Å². The summed E-state index contributed by atoms with van der Waals surface area (Å²) in [6, 6.07) is 13.1. The Morgan fingerprint density at radius 3 is 2.33 bits per heavy atom. The molecule has 1 saturated heterocycles. The third-order valence-corrected chi connectivity index (χ3v) is 6.86. The fourth-order valence-corrected chi connectivity index (χ4v) is 4.77. The summed E-state index contributed by atoms with van der Waals surface area (Å²) in [5.74, 6) is 1.47.